The van der Waals surface area contributed by atoms with Crippen molar-refractivity contribution in [2.75, 3.05) is 6.54 Å². The minimum atomic E-state index is 0.721. The van der Waals surface area contributed by atoms with Gasteiger partial charge in [0, 0.05) is 14.6 Å². The second-order valence-corrected chi connectivity index (χ2v) is 6.27. The fourth-order valence-electron chi connectivity index (χ4n) is 2.12. The first-order valence-electron chi connectivity index (χ1n) is 5.42. The van der Waals surface area contributed by atoms with Crippen LogP contribution in [-0.4, -0.2) is 11.8 Å². The predicted molar refractivity (Wildman–Crippen MR) is 70.2 cm³/mol. The van der Waals surface area contributed by atoms with Gasteiger partial charge in [-0.1, -0.05) is 22.4 Å². The molecule has 1 aliphatic rings. The number of halogens is 1. The van der Waals surface area contributed by atoms with E-state index in [1.54, 1.807) is 0 Å². The zero-order chi connectivity index (χ0) is 10.7. The molecule has 0 aliphatic heterocycles. The van der Waals surface area contributed by atoms with Crippen molar-refractivity contribution in [2.45, 2.75) is 29.4 Å². The van der Waals surface area contributed by atoms with Crippen LogP contribution in [0.1, 0.15) is 19.3 Å². The van der Waals surface area contributed by atoms with Gasteiger partial charge in [0.2, 0.25) is 0 Å². The predicted octanol–water partition coefficient (Wildman–Crippen LogP) is 3.67. The summed E-state index contributed by atoms with van der Waals surface area (Å²) in [7, 11) is 0. The molecular formula is C12H16BrNS. The van der Waals surface area contributed by atoms with E-state index in [4.69, 9.17) is 5.73 Å². The molecule has 0 aromatic heterocycles. The van der Waals surface area contributed by atoms with E-state index >= 15 is 0 Å². The Hall–Kier alpha value is 0.01000. The number of rotatable bonds is 3. The third-order valence-electron chi connectivity index (χ3n) is 2.99. The summed E-state index contributed by atoms with van der Waals surface area (Å²) in [5, 5.41) is 0.733. The number of nitrogens with two attached hydrogens (primary N) is 1. The van der Waals surface area contributed by atoms with Crippen molar-refractivity contribution in [3.63, 3.8) is 0 Å². The molecule has 0 amide bonds. The van der Waals surface area contributed by atoms with Gasteiger partial charge < -0.3 is 5.73 Å². The fourth-order valence-corrected chi connectivity index (χ4v) is 3.75. The maximum absolute atomic E-state index is 5.78. The molecule has 0 bridgehead atoms. The van der Waals surface area contributed by atoms with Gasteiger partial charge in [-0.25, -0.2) is 0 Å². The summed E-state index contributed by atoms with van der Waals surface area (Å²) in [6.07, 6.45) is 3.98. The number of hydrogen-bond acceptors (Lipinski definition) is 2. The Morgan fingerprint density at radius 3 is 2.67 bits per heavy atom. The molecule has 2 rings (SSSR count). The fraction of sp³-hybridized carbons (Fsp3) is 0.500. The molecule has 82 valence electrons. The summed E-state index contributed by atoms with van der Waals surface area (Å²) < 4.78 is 1.15. The van der Waals surface area contributed by atoms with Crippen molar-refractivity contribution >= 4 is 27.7 Å². The molecule has 15 heavy (non-hydrogen) atoms. The average molecular weight is 286 g/mol. The molecule has 0 radical (unpaired) electrons. The highest BCUT2D eigenvalue weighted by Crippen LogP contribution is 2.38. The molecular weight excluding hydrogens is 270 g/mol. The van der Waals surface area contributed by atoms with Crippen molar-refractivity contribution < 1.29 is 0 Å². The standard InChI is InChI=1S/C12H16BrNS/c13-10-4-6-11(7-5-10)15-12-3-1-2-9(12)8-14/h4-7,9,12H,1-3,8,14H2. The molecule has 0 saturated heterocycles. The smallest absolute Gasteiger partial charge is 0.0176 e. The summed E-state index contributed by atoms with van der Waals surface area (Å²) in [4.78, 5) is 1.36. The van der Waals surface area contributed by atoms with Crippen LogP contribution in [0.4, 0.5) is 0 Å². The van der Waals surface area contributed by atoms with E-state index in [1.165, 1.54) is 24.2 Å². The van der Waals surface area contributed by atoms with Crippen LogP contribution in [0, 0.1) is 5.92 Å². The summed E-state index contributed by atoms with van der Waals surface area (Å²) in [5.74, 6) is 0.721. The maximum Gasteiger partial charge on any atom is 0.0176 e. The van der Waals surface area contributed by atoms with Crippen LogP contribution in [0.5, 0.6) is 0 Å². The molecule has 1 fully saturated rings. The van der Waals surface area contributed by atoms with Crippen LogP contribution in [0.15, 0.2) is 33.6 Å². The topological polar surface area (TPSA) is 26.0 Å². The van der Waals surface area contributed by atoms with Gasteiger partial charge in [-0.2, -0.15) is 0 Å². The first-order chi connectivity index (χ1) is 7.29. The van der Waals surface area contributed by atoms with Crippen molar-refractivity contribution in [1.82, 2.24) is 0 Å². The van der Waals surface area contributed by atoms with Crippen LogP contribution >= 0.6 is 27.7 Å². The molecule has 1 aliphatic carbocycles. The lowest BCUT2D eigenvalue weighted by Gasteiger charge is -2.17. The van der Waals surface area contributed by atoms with Gasteiger partial charge in [0.15, 0.2) is 0 Å². The first kappa shape index (κ1) is 11.5. The Kier molecular flexibility index (Phi) is 4.12. The summed E-state index contributed by atoms with van der Waals surface area (Å²) in [5.41, 5.74) is 5.78. The third-order valence-corrected chi connectivity index (χ3v) is 4.99. The molecule has 0 heterocycles. The summed E-state index contributed by atoms with van der Waals surface area (Å²) in [6, 6.07) is 8.57. The number of benzene rings is 1. The Labute approximate surface area is 104 Å². The van der Waals surface area contributed by atoms with Gasteiger partial charge in [-0.05, 0) is 49.6 Å². The highest BCUT2D eigenvalue weighted by atomic mass is 79.9. The van der Waals surface area contributed by atoms with E-state index in [1.807, 2.05) is 11.8 Å². The number of hydrogen-bond donors (Lipinski definition) is 1. The van der Waals surface area contributed by atoms with Crippen LogP contribution in [0.2, 0.25) is 0 Å². The molecule has 1 saturated carbocycles. The second kappa shape index (κ2) is 5.37. The Bertz CT molecular complexity index is 312. The molecule has 3 heteroatoms. The van der Waals surface area contributed by atoms with E-state index in [2.05, 4.69) is 40.2 Å². The highest BCUT2D eigenvalue weighted by molar-refractivity contribution is 9.10. The zero-order valence-corrected chi connectivity index (χ0v) is 11.1. The lowest BCUT2D eigenvalue weighted by molar-refractivity contribution is 0.573. The lowest BCUT2D eigenvalue weighted by atomic mass is 10.1. The minimum absolute atomic E-state index is 0.721. The monoisotopic (exact) mass is 285 g/mol. The van der Waals surface area contributed by atoms with Gasteiger partial charge in [-0.15, -0.1) is 11.8 Å². The summed E-state index contributed by atoms with van der Waals surface area (Å²) >= 11 is 5.45. The van der Waals surface area contributed by atoms with Gasteiger partial charge >= 0.3 is 0 Å². The Morgan fingerprint density at radius 1 is 1.27 bits per heavy atom. The molecule has 1 nitrogen and oxygen atoms in total. The minimum Gasteiger partial charge on any atom is -0.330 e. The second-order valence-electron chi connectivity index (χ2n) is 4.04. The Morgan fingerprint density at radius 2 is 2.00 bits per heavy atom. The van der Waals surface area contributed by atoms with E-state index in [0.717, 1.165) is 22.2 Å². The normalized spacial score (nSPS) is 25.7. The molecule has 2 unspecified atom stereocenters. The van der Waals surface area contributed by atoms with E-state index in [0.29, 0.717) is 0 Å². The van der Waals surface area contributed by atoms with Gasteiger partial charge in [0.05, 0.1) is 0 Å². The van der Waals surface area contributed by atoms with Crippen molar-refractivity contribution in [1.29, 1.82) is 0 Å². The van der Waals surface area contributed by atoms with Crippen LogP contribution < -0.4 is 5.73 Å². The van der Waals surface area contributed by atoms with Crippen molar-refractivity contribution in [3.8, 4) is 0 Å². The third kappa shape index (κ3) is 2.99. The van der Waals surface area contributed by atoms with Crippen molar-refractivity contribution in [2.24, 2.45) is 11.7 Å². The number of thioether (sulfide) groups is 1. The molecule has 0 spiro atoms. The van der Waals surface area contributed by atoms with Gasteiger partial charge in [-0.3, -0.25) is 0 Å². The maximum atomic E-state index is 5.78. The largest absolute Gasteiger partial charge is 0.330 e. The van der Waals surface area contributed by atoms with Gasteiger partial charge in [0.1, 0.15) is 0 Å². The van der Waals surface area contributed by atoms with Crippen LogP contribution in [0.3, 0.4) is 0 Å². The first-order valence-corrected chi connectivity index (χ1v) is 7.09. The zero-order valence-electron chi connectivity index (χ0n) is 8.66. The van der Waals surface area contributed by atoms with Crippen LogP contribution in [-0.2, 0) is 0 Å². The van der Waals surface area contributed by atoms with E-state index in [9.17, 15) is 0 Å². The quantitative estimate of drug-likeness (QED) is 0.917. The molecule has 2 atom stereocenters. The molecule has 2 N–H and O–H groups in total. The molecule has 1 aromatic carbocycles. The van der Waals surface area contributed by atoms with E-state index < -0.39 is 0 Å². The summed E-state index contributed by atoms with van der Waals surface area (Å²) in [6.45, 7) is 0.841. The van der Waals surface area contributed by atoms with Gasteiger partial charge in [0.25, 0.3) is 0 Å². The van der Waals surface area contributed by atoms with E-state index in [-0.39, 0.29) is 0 Å². The SMILES string of the molecule is NCC1CCCC1Sc1ccc(Br)cc1. The highest BCUT2D eigenvalue weighted by Gasteiger charge is 2.26. The molecule has 1 aromatic rings. The lowest BCUT2D eigenvalue weighted by Crippen LogP contribution is -2.20. The average Bonchev–Trinajstić information content (AvgIpc) is 2.69. The van der Waals surface area contributed by atoms with Crippen LogP contribution in [0.25, 0.3) is 0 Å². The van der Waals surface area contributed by atoms with Crippen molar-refractivity contribution in [3.05, 3.63) is 28.7 Å². The Balaban J connectivity index is 1.99.